The molecule has 0 saturated heterocycles. The van der Waals surface area contributed by atoms with Crippen LogP contribution in [0, 0.1) is 10.1 Å². The molecule has 0 aliphatic heterocycles. The van der Waals surface area contributed by atoms with E-state index < -0.39 is 0 Å². The van der Waals surface area contributed by atoms with Gasteiger partial charge >= 0.3 is 0 Å². The molecule has 0 N–H and O–H groups in total. The summed E-state index contributed by atoms with van der Waals surface area (Å²) in [6.07, 6.45) is 0. The van der Waals surface area contributed by atoms with E-state index in [1.165, 1.54) is 15.5 Å². The Kier molecular flexibility index (Phi) is 4.27. The Balaban J connectivity index is 1.75. The van der Waals surface area contributed by atoms with Gasteiger partial charge in [0.05, 0.1) is 10.5 Å². The second-order valence-corrected chi connectivity index (χ2v) is 8.85. The highest BCUT2D eigenvalue weighted by molar-refractivity contribution is 7.26. The van der Waals surface area contributed by atoms with Gasteiger partial charge < -0.3 is 0 Å². The van der Waals surface area contributed by atoms with E-state index >= 15 is 0 Å². The first-order valence-corrected chi connectivity index (χ1v) is 11.2. The highest BCUT2D eigenvalue weighted by atomic mass is 32.1. The van der Waals surface area contributed by atoms with Crippen LogP contribution in [0.3, 0.4) is 0 Å². The highest BCUT2D eigenvalue weighted by Gasteiger charge is 2.21. The Morgan fingerprint density at radius 2 is 1.38 bits per heavy atom. The molecule has 1 heterocycles. The van der Waals surface area contributed by atoms with Gasteiger partial charge in [0.1, 0.15) is 0 Å². The van der Waals surface area contributed by atoms with Crippen molar-refractivity contribution in [3.63, 3.8) is 0 Å². The Morgan fingerprint density at radius 1 is 0.656 bits per heavy atom. The van der Waals surface area contributed by atoms with Crippen LogP contribution in [0.4, 0.5) is 5.69 Å². The summed E-state index contributed by atoms with van der Waals surface area (Å²) in [5, 5.41) is 16.6. The molecule has 6 rings (SSSR count). The van der Waals surface area contributed by atoms with Crippen LogP contribution in [0.5, 0.6) is 0 Å². The van der Waals surface area contributed by atoms with Crippen molar-refractivity contribution in [2.24, 2.45) is 0 Å². The summed E-state index contributed by atoms with van der Waals surface area (Å²) in [6, 6.07) is 34.1. The molecule has 4 heteroatoms. The van der Waals surface area contributed by atoms with Crippen molar-refractivity contribution in [3.8, 4) is 22.3 Å². The van der Waals surface area contributed by atoms with E-state index in [0.29, 0.717) is 5.56 Å². The summed E-state index contributed by atoms with van der Waals surface area (Å²) in [6.45, 7) is 0. The molecule has 0 amide bonds. The highest BCUT2D eigenvalue weighted by Crippen LogP contribution is 2.46. The van der Waals surface area contributed by atoms with Crippen LogP contribution in [0.2, 0.25) is 0 Å². The van der Waals surface area contributed by atoms with Gasteiger partial charge in [-0.3, -0.25) is 10.1 Å². The van der Waals surface area contributed by atoms with Crippen molar-refractivity contribution in [2.45, 2.75) is 0 Å². The summed E-state index contributed by atoms with van der Waals surface area (Å²) in [7, 11) is 0. The van der Waals surface area contributed by atoms with Crippen LogP contribution in [-0.4, -0.2) is 4.92 Å². The van der Waals surface area contributed by atoms with Gasteiger partial charge in [-0.25, -0.2) is 0 Å². The topological polar surface area (TPSA) is 43.1 Å². The number of benzene rings is 5. The molecule has 0 aliphatic carbocycles. The third kappa shape index (κ3) is 2.88. The lowest BCUT2D eigenvalue weighted by atomic mass is 9.93. The zero-order chi connectivity index (χ0) is 21.7. The van der Waals surface area contributed by atoms with E-state index in [2.05, 4.69) is 36.4 Å². The number of fused-ring (bicyclic) bond motifs is 5. The Bertz CT molecular complexity index is 1650. The van der Waals surface area contributed by atoms with E-state index in [-0.39, 0.29) is 10.6 Å². The first-order chi connectivity index (χ1) is 15.7. The molecule has 3 nitrogen and oxygen atoms in total. The van der Waals surface area contributed by atoms with Gasteiger partial charge in [-0.05, 0) is 46.2 Å². The van der Waals surface area contributed by atoms with E-state index in [9.17, 15) is 10.1 Å². The first kappa shape index (κ1) is 18.7. The number of nitro groups is 1. The molecular weight excluding hydrogens is 414 g/mol. The van der Waals surface area contributed by atoms with E-state index in [1.807, 2.05) is 60.7 Å². The van der Waals surface area contributed by atoms with Crippen LogP contribution in [0.15, 0.2) is 103 Å². The van der Waals surface area contributed by atoms with E-state index in [0.717, 1.165) is 32.2 Å². The molecule has 6 aromatic rings. The maximum Gasteiger partial charge on any atom is 0.277 e. The van der Waals surface area contributed by atoms with Gasteiger partial charge in [0.15, 0.2) is 0 Å². The van der Waals surface area contributed by atoms with Gasteiger partial charge in [-0.1, -0.05) is 72.8 Å². The lowest BCUT2D eigenvalue weighted by molar-refractivity contribution is -0.384. The normalized spacial score (nSPS) is 11.4. The molecule has 0 unspecified atom stereocenters. The quantitative estimate of drug-likeness (QED) is 0.208. The minimum Gasteiger partial charge on any atom is -0.258 e. The predicted octanol–water partition coefficient (Wildman–Crippen LogP) is 8.45. The standard InChI is InChI=1S/C28H17NO2S/c30-29(31)25-15-14-19(18-8-2-1-3-9-18)16-23(25)24-17-20-10-4-5-11-21(20)27-22-12-6-7-13-26(22)32-28(24)27/h1-17H. The van der Waals surface area contributed by atoms with Gasteiger partial charge in [0.2, 0.25) is 0 Å². The molecule has 0 radical (unpaired) electrons. The SMILES string of the molecule is O=[N+]([O-])c1ccc(-c2ccccc2)cc1-c1cc2ccccc2c2c1sc1ccccc12. The van der Waals surface area contributed by atoms with Gasteiger partial charge in [-0.15, -0.1) is 11.3 Å². The molecular formula is C28H17NO2S. The second kappa shape index (κ2) is 7.29. The summed E-state index contributed by atoms with van der Waals surface area (Å²) in [5.74, 6) is 0. The molecule has 5 aromatic carbocycles. The minimum absolute atomic E-state index is 0.124. The predicted molar refractivity (Wildman–Crippen MR) is 134 cm³/mol. The maximum absolute atomic E-state index is 12.0. The van der Waals surface area contributed by atoms with Gasteiger partial charge in [-0.2, -0.15) is 0 Å². The van der Waals surface area contributed by atoms with Crippen molar-refractivity contribution in [2.75, 3.05) is 0 Å². The number of hydrogen-bond donors (Lipinski definition) is 0. The first-order valence-electron chi connectivity index (χ1n) is 10.4. The summed E-state index contributed by atoms with van der Waals surface area (Å²) < 4.78 is 2.26. The lowest BCUT2D eigenvalue weighted by Crippen LogP contribution is -1.93. The molecule has 0 spiro atoms. The van der Waals surface area contributed by atoms with Gasteiger partial charge in [0.25, 0.3) is 5.69 Å². The zero-order valence-corrected chi connectivity index (χ0v) is 17.8. The summed E-state index contributed by atoms with van der Waals surface area (Å²) in [5.41, 5.74) is 3.69. The largest absolute Gasteiger partial charge is 0.277 e. The molecule has 0 bridgehead atoms. The number of rotatable bonds is 3. The minimum atomic E-state index is -0.279. The van der Waals surface area contributed by atoms with Crippen molar-refractivity contribution in [1.82, 2.24) is 0 Å². The fraction of sp³-hybridized carbons (Fsp3) is 0. The number of thiophene rings is 1. The van der Waals surface area contributed by atoms with Crippen molar-refractivity contribution < 1.29 is 4.92 Å². The average molecular weight is 432 g/mol. The Labute approximate surface area is 188 Å². The van der Waals surface area contributed by atoms with Crippen molar-refractivity contribution in [3.05, 3.63) is 113 Å². The molecule has 0 fully saturated rings. The molecule has 0 saturated carbocycles. The zero-order valence-electron chi connectivity index (χ0n) is 17.0. The van der Waals surface area contributed by atoms with E-state index in [4.69, 9.17) is 0 Å². The fourth-order valence-corrected chi connectivity index (χ4v) is 5.74. The Morgan fingerprint density at radius 3 is 2.19 bits per heavy atom. The van der Waals surface area contributed by atoms with E-state index in [1.54, 1.807) is 17.4 Å². The van der Waals surface area contributed by atoms with Gasteiger partial charge in [0, 0.05) is 31.8 Å². The van der Waals surface area contributed by atoms with Crippen LogP contribution < -0.4 is 0 Å². The summed E-state index contributed by atoms with van der Waals surface area (Å²) >= 11 is 1.70. The van der Waals surface area contributed by atoms with Crippen LogP contribution >= 0.6 is 11.3 Å². The number of nitro benzene ring substituents is 1. The number of nitrogens with zero attached hydrogens (tertiary/aromatic N) is 1. The molecule has 0 atom stereocenters. The summed E-state index contributed by atoms with van der Waals surface area (Å²) in [4.78, 5) is 11.7. The monoisotopic (exact) mass is 431 g/mol. The average Bonchev–Trinajstić information content (AvgIpc) is 3.23. The second-order valence-electron chi connectivity index (χ2n) is 7.80. The van der Waals surface area contributed by atoms with Crippen molar-refractivity contribution >= 4 is 48.0 Å². The lowest BCUT2D eigenvalue weighted by Gasteiger charge is -2.11. The van der Waals surface area contributed by atoms with Crippen molar-refractivity contribution in [1.29, 1.82) is 0 Å². The maximum atomic E-state index is 12.0. The number of hydrogen-bond acceptors (Lipinski definition) is 3. The molecule has 1 aromatic heterocycles. The third-order valence-electron chi connectivity index (χ3n) is 5.96. The fourth-order valence-electron chi connectivity index (χ4n) is 4.50. The van der Waals surface area contributed by atoms with Crippen LogP contribution in [0.1, 0.15) is 0 Å². The molecule has 152 valence electrons. The molecule has 0 aliphatic rings. The third-order valence-corrected chi connectivity index (χ3v) is 7.16. The smallest absolute Gasteiger partial charge is 0.258 e. The van der Waals surface area contributed by atoms with Crippen LogP contribution in [0.25, 0.3) is 53.2 Å². The Hall–Kier alpha value is -4.02. The van der Waals surface area contributed by atoms with Crippen LogP contribution in [-0.2, 0) is 0 Å². The molecule has 32 heavy (non-hydrogen) atoms.